The summed E-state index contributed by atoms with van der Waals surface area (Å²) < 4.78 is 25.0. The maximum absolute atomic E-state index is 13.8. The van der Waals surface area contributed by atoms with E-state index in [2.05, 4.69) is 16.0 Å². The number of aliphatic carboxylic acids is 1. The number of hydrogen-bond acceptors (Lipinski definition) is 9. The molecule has 0 bridgehead atoms. The molecule has 15 heteroatoms. The minimum atomic E-state index is -1.24. The molecular formula is C42H43FN4O9S. The van der Waals surface area contributed by atoms with E-state index in [9.17, 15) is 33.5 Å². The van der Waals surface area contributed by atoms with Crippen LogP contribution in [0.3, 0.4) is 0 Å². The van der Waals surface area contributed by atoms with Crippen LogP contribution in [0.15, 0.2) is 97.1 Å². The van der Waals surface area contributed by atoms with E-state index in [4.69, 9.17) is 14.6 Å². The molecule has 57 heavy (non-hydrogen) atoms. The van der Waals surface area contributed by atoms with Crippen molar-refractivity contribution in [2.24, 2.45) is 0 Å². The van der Waals surface area contributed by atoms with E-state index in [0.717, 1.165) is 34.4 Å². The van der Waals surface area contributed by atoms with Gasteiger partial charge in [0.1, 0.15) is 35.2 Å². The molecule has 2 heterocycles. The van der Waals surface area contributed by atoms with Gasteiger partial charge in [0.15, 0.2) is 6.61 Å². The van der Waals surface area contributed by atoms with E-state index in [1.807, 2.05) is 18.2 Å². The van der Waals surface area contributed by atoms with Crippen molar-refractivity contribution in [2.75, 3.05) is 37.0 Å². The number of β-lactam (4-membered cyclic amide) rings is 1. The summed E-state index contributed by atoms with van der Waals surface area (Å²) in [5.74, 6) is -2.40. The number of fused-ring (bicyclic) bond motifs is 1. The molecule has 1 saturated heterocycles. The van der Waals surface area contributed by atoms with Crippen LogP contribution in [-0.4, -0.2) is 83.2 Å². The third kappa shape index (κ3) is 9.73. The second-order valence-electron chi connectivity index (χ2n) is 14.2. The molecule has 6 rings (SSSR count). The van der Waals surface area contributed by atoms with Crippen LogP contribution >= 0.6 is 11.8 Å². The van der Waals surface area contributed by atoms with E-state index < -0.39 is 78.1 Å². The van der Waals surface area contributed by atoms with Crippen molar-refractivity contribution < 1.29 is 48.0 Å². The van der Waals surface area contributed by atoms with Crippen LogP contribution in [0.25, 0.3) is 0 Å². The van der Waals surface area contributed by atoms with Gasteiger partial charge in [0, 0.05) is 23.3 Å². The third-order valence-corrected chi connectivity index (χ3v) is 11.3. The molecule has 0 saturated carbocycles. The number of thioether (sulfide) groups is 1. The number of benzene rings is 4. The Labute approximate surface area is 332 Å². The number of nitrogens with one attached hydrogen (secondary N) is 3. The Balaban J connectivity index is 1.05. The summed E-state index contributed by atoms with van der Waals surface area (Å²) in [6, 6.07) is 25.4. The predicted molar refractivity (Wildman–Crippen MR) is 210 cm³/mol. The first-order chi connectivity index (χ1) is 27.3. The average molecular weight is 799 g/mol. The molecular weight excluding hydrogens is 756 g/mol. The minimum absolute atomic E-state index is 0.178. The fourth-order valence-corrected chi connectivity index (χ4v) is 8.07. The monoisotopic (exact) mass is 798 g/mol. The van der Waals surface area contributed by atoms with Crippen molar-refractivity contribution in [3.8, 4) is 11.5 Å². The van der Waals surface area contributed by atoms with Crippen molar-refractivity contribution >= 4 is 47.0 Å². The Morgan fingerprint density at radius 1 is 0.947 bits per heavy atom. The summed E-state index contributed by atoms with van der Waals surface area (Å²) in [5, 5.41) is 27.0. The predicted octanol–water partition coefficient (Wildman–Crippen LogP) is 3.84. The van der Waals surface area contributed by atoms with Crippen LogP contribution in [-0.2, 0) is 35.8 Å². The van der Waals surface area contributed by atoms with E-state index in [1.54, 1.807) is 73.3 Å². The summed E-state index contributed by atoms with van der Waals surface area (Å²) in [4.78, 5) is 64.9. The molecule has 0 aliphatic carbocycles. The van der Waals surface area contributed by atoms with Crippen molar-refractivity contribution in [2.45, 2.75) is 49.1 Å². The van der Waals surface area contributed by atoms with Gasteiger partial charge in [-0.05, 0) is 70.8 Å². The number of ether oxygens (including phenoxy) is 2. The van der Waals surface area contributed by atoms with Gasteiger partial charge in [0.05, 0.1) is 25.3 Å². The number of carbonyl (C=O) groups is 5. The summed E-state index contributed by atoms with van der Waals surface area (Å²) in [7, 11) is 0. The minimum Gasteiger partial charge on any atom is -0.493 e. The number of amides is 4. The van der Waals surface area contributed by atoms with Crippen LogP contribution in [0.2, 0.25) is 0 Å². The van der Waals surface area contributed by atoms with Crippen LogP contribution in [0.1, 0.15) is 48.2 Å². The lowest BCUT2D eigenvalue weighted by Gasteiger charge is -2.47. The molecule has 2 aliphatic heterocycles. The molecule has 1 unspecified atom stereocenters. The highest BCUT2D eigenvalue weighted by Crippen LogP contribution is 2.46. The number of halogens is 1. The van der Waals surface area contributed by atoms with Gasteiger partial charge in [0.2, 0.25) is 17.7 Å². The van der Waals surface area contributed by atoms with Crippen molar-refractivity contribution in [3.05, 3.63) is 125 Å². The molecule has 4 amide bonds. The lowest BCUT2D eigenvalue weighted by Crippen LogP contribution is -2.58. The van der Waals surface area contributed by atoms with Gasteiger partial charge in [-0.15, -0.1) is 11.8 Å². The first-order valence-corrected chi connectivity index (χ1v) is 19.3. The van der Waals surface area contributed by atoms with Crippen LogP contribution in [0.4, 0.5) is 10.1 Å². The first-order valence-electron chi connectivity index (χ1n) is 18.3. The lowest BCUT2D eigenvalue weighted by molar-refractivity contribution is -0.138. The van der Waals surface area contributed by atoms with Crippen LogP contribution < -0.4 is 30.3 Å². The molecule has 13 nitrogen and oxygen atoms in total. The molecule has 2 aliphatic rings. The largest absolute Gasteiger partial charge is 0.493 e. The highest BCUT2D eigenvalue weighted by Gasteiger charge is 2.49. The first kappa shape index (κ1) is 40.7. The van der Waals surface area contributed by atoms with Gasteiger partial charge >= 0.3 is 5.97 Å². The number of anilines is 1. The quantitative estimate of drug-likeness (QED) is 0.0985. The highest BCUT2D eigenvalue weighted by atomic mass is 32.2. The summed E-state index contributed by atoms with van der Waals surface area (Å²) in [6.45, 7) is 2.55. The van der Waals surface area contributed by atoms with Crippen molar-refractivity contribution in [1.82, 2.24) is 16.0 Å². The number of carboxylic acids is 1. The smallest absolute Gasteiger partial charge is 0.322 e. The summed E-state index contributed by atoms with van der Waals surface area (Å²) >= 11 is 1.34. The summed E-state index contributed by atoms with van der Waals surface area (Å²) in [5.41, 5.74) is 2.85. The molecule has 0 aromatic heterocycles. The molecule has 1 fully saturated rings. The van der Waals surface area contributed by atoms with E-state index >= 15 is 0 Å². The molecule has 4 atom stereocenters. The molecule has 5 N–H and O–H groups in total. The molecule has 4 aromatic carbocycles. The Hall–Kier alpha value is -5.93. The number of rotatable bonds is 17. The normalized spacial score (nSPS) is 17.0. The van der Waals surface area contributed by atoms with Crippen LogP contribution in [0, 0.1) is 5.82 Å². The number of aliphatic hydroxyl groups is 1. The molecule has 0 spiro atoms. The molecule has 298 valence electrons. The van der Waals surface area contributed by atoms with Gasteiger partial charge in [-0.1, -0.05) is 62.4 Å². The Kier molecular flexibility index (Phi) is 12.8. The van der Waals surface area contributed by atoms with Gasteiger partial charge in [-0.3, -0.25) is 24.0 Å². The Bertz CT molecular complexity index is 2100. The topological polar surface area (TPSA) is 184 Å². The number of carboxylic acid groups (broad SMARTS) is 1. The standard InChI is InChI=1S/C42H43FN4O9S/c1-42(2,28-6-4-3-5-7-28)39(40(53)45-22-36(51)52)46-34(49)21-44-35(50)23-56-31-15-8-25(9-16-31)37-38(41(54)47(37)30-13-11-29(43)12-14-30)57-24-32(48)26-10-17-33-27(20-26)18-19-55-33/h3-17,20,32,37-39,48H,18-19,21-24H2,1-2H3,(H,44,50)(H,45,53)(H,46,49)(H,51,52)/t32?,37-,38-,39+/m1/s1. The second-order valence-corrected chi connectivity index (χ2v) is 15.4. The van der Waals surface area contributed by atoms with Gasteiger partial charge in [0.25, 0.3) is 5.91 Å². The molecule has 0 radical (unpaired) electrons. The van der Waals surface area contributed by atoms with Crippen molar-refractivity contribution in [1.29, 1.82) is 0 Å². The maximum Gasteiger partial charge on any atom is 0.322 e. The SMILES string of the molecule is CC(C)(c1ccccc1)[C@@H](NC(=O)CNC(=O)COc1ccc([C@@H]2[C@@H](SCC(O)c3ccc4c(c3)CCO4)C(=O)N2c2ccc(F)cc2)cc1)C(=O)NCC(=O)O. The number of aliphatic hydroxyl groups excluding tert-OH is 1. The highest BCUT2D eigenvalue weighted by molar-refractivity contribution is 8.00. The number of carbonyl (C=O) groups excluding carboxylic acids is 4. The summed E-state index contributed by atoms with van der Waals surface area (Å²) in [6.07, 6.45) is -0.0391. The lowest BCUT2D eigenvalue weighted by atomic mass is 9.77. The van der Waals surface area contributed by atoms with Crippen LogP contribution in [0.5, 0.6) is 11.5 Å². The zero-order valence-electron chi connectivity index (χ0n) is 31.3. The van der Waals surface area contributed by atoms with Gasteiger partial charge in [-0.25, -0.2) is 4.39 Å². The molecule has 4 aromatic rings. The number of nitrogens with zero attached hydrogens (tertiary/aromatic N) is 1. The zero-order valence-corrected chi connectivity index (χ0v) is 32.1. The van der Waals surface area contributed by atoms with E-state index in [-0.39, 0.29) is 11.7 Å². The second kappa shape index (κ2) is 17.9. The van der Waals surface area contributed by atoms with Crippen molar-refractivity contribution in [3.63, 3.8) is 0 Å². The maximum atomic E-state index is 13.8. The Morgan fingerprint density at radius 3 is 2.37 bits per heavy atom. The third-order valence-electron chi connectivity index (χ3n) is 9.94. The number of hydrogen-bond donors (Lipinski definition) is 5. The van der Waals surface area contributed by atoms with Gasteiger partial charge in [-0.2, -0.15) is 0 Å². The van der Waals surface area contributed by atoms with E-state index in [1.165, 1.54) is 36.0 Å². The van der Waals surface area contributed by atoms with Gasteiger partial charge < -0.3 is 40.5 Å². The average Bonchev–Trinajstić information content (AvgIpc) is 3.69. The fourth-order valence-electron chi connectivity index (χ4n) is 6.77. The Morgan fingerprint density at radius 2 is 1.67 bits per heavy atom. The van der Waals surface area contributed by atoms with E-state index in [0.29, 0.717) is 18.0 Å². The zero-order chi connectivity index (χ0) is 40.7. The fraction of sp³-hybridized carbons (Fsp3) is 0.310.